The van der Waals surface area contributed by atoms with Crippen molar-refractivity contribution in [3.63, 3.8) is 0 Å². The van der Waals surface area contributed by atoms with Gasteiger partial charge in [0.15, 0.2) is 5.65 Å². The molecule has 1 aliphatic rings. The summed E-state index contributed by atoms with van der Waals surface area (Å²) in [6.45, 7) is 0. The Balaban J connectivity index is 1.62. The fourth-order valence-electron chi connectivity index (χ4n) is 4.96. The molecule has 7 aromatic heterocycles. The van der Waals surface area contributed by atoms with E-state index in [1.807, 2.05) is 35.0 Å². The van der Waals surface area contributed by atoms with Crippen LogP contribution in [0.25, 0.3) is 64.4 Å². The highest BCUT2D eigenvalue weighted by atomic mass is 32.1. The zero-order valence-corrected chi connectivity index (χ0v) is 19.7. The van der Waals surface area contributed by atoms with E-state index in [4.69, 9.17) is 4.98 Å². The third-order valence-corrected chi connectivity index (χ3v) is 8.20. The Morgan fingerprint density at radius 1 is 0.972 bits per heavy atom. The predicted molar refractivity (Wildman–Crippen MR) is 141 cm³/mol. The summed E-state index contributed by atoms with van der Waals surface area (Å²) in [7, 11) is 0. The quantitative estimate of drug-likeness (QED) is 0.306. The van der Waals surface area contributed by atoms with E-state index in [2.05, 4.69) is 30.1 Å². The molecule has 1 aliphatic carbocycles. The van der Waals surface area contributed by atoms with Crippen molar-refractivity contribution in [1.82, 2.24) is 39.7 Å². The first-order chi connectivity index (χ1) is 17.7. The molecule has 0 atom stereocenters. The number of hydrogen-bond acceptors (Lipinski definition) is 7. The van der Waals surface area contributed by atoms with Crippen LogP contribution in [0, 0.1) is 5.92 Å². The van der Waals surface area contributed by atoms with Crippen LogP contribution in [-0.4, -0.2) is 45.6 Å². The van der Waals surface area contributed by atoms with Gasteiger partial charge in [0.2, 0.25) is 5.91 Å². The number of pyridine rings is 3. The maximum absolute atomic E-state index is 13.7. The highest BCUT2D eigenvalue weighted by Crippen LogP contribution is 2.33. The largest absolute Gasteiger partial charge is 0.335 e. The van der Waals surface area contributed by atoms with E-state index in [9.17, 15) is 4.79 Å². The number of thiophene rings is 1. The van der Waals surface area contributed by atoms with Gasteiger partial charge in [-0.05, 0) is 37.1 Å². The van der Waals surface area contributed by atoms with Gasteiger partial charge in [0.05, 0.1) is 40.7 Å². The van der Waals surface area contributed by atoms with Crippen molar-refractivity contribution in [3.05, 3.63) is 55.2 Å². The lowest BCUT2D eigenvalue weighted by Gasteiger charge is -2.24. The van der Waals surface area contributed by atoms with Crippen LogP contribution < -0.4 is 0 Å². The van der Waals surface area contributed by atoms with Crippen LogP contribution in [0.1, 0.15) is 24.1 Å². The second-order valence-corrected chi connectivity index (χ2v) is 10.3. The van der Waals surface area contributed by atoms with Gasteiger partial charge in [-0.1, -0.05) is 6.42 Å². The molecule has 0 aliphatic heterocycles. The third-order valence-electron chi connectivity index (χ3n) is 7.10. The lowest BCUT2D eigenvalue weighted by Crippen LogP contribution is -2.27. The molecule has 0 amide bonds. The number of nitrogens with zero attached hydrogens (tertiary/aromatic N) is 6. The summed E-state index contributed by atoms with van der Waals surface area (Å²) in [5, 5.41) is 10.2. The summed E-state index contributed by atoms with van der Waals surface area (Å²) in [4.78, 5) is 36.5. The monoisotopic (exact) mass is 490 g/mol. The Kier molecular flexibility index (Phi) is 4.01. The van der Waals surface area contributed by atoms with Crippen LogP contribution in [0.4, 0.5) is 0 Å². The van der Waals surface area contributed by atoms with Gasteiger partial charge in [-0.3, -0.25) is 29.4 Å². The molecule has 0 radical (unpaired) electrons. The molecule has 1 fully saturated rings. The highest BCUT2D eigenvalue weighted by Gasteiger charge is 2.27. The first-order valence-corrected chi connectivity index (χ1v) is 12.6. The zero-order chi connectivity index (χ0) is 23.8. The van der Waals surface area contributed by atoms with Gasteiger partial charge in [0.25, 0.3) is 0 Å². The number of carbonyl (C=O) groups excluding carboxylic acids is 1. The molecule has 1 saturated carbocycles. The van der Waals surface area contributed by atoms with Crippen molar-refractivity contribution in [2.24, 2.45) is 5.92 Å². The normalized spacial score (nSPS) is 14.3. The van der Waals surface area contributed by atoms with Crippen LogP contribution in [0.2, 0.25) is 0 Å². The van der Waals surface area contributed by atoms with Crippen LogP contribution in [0.5, 0.6) is 0 Å². The fraction of sp³-hybridized carbons (Fsp3) is 0.154. The Morgan fingerprint density at radius 3 is 2.78 bits per heavy atom. The van der Waals surface area contributed by atoms with Gasteiger partial charge in [0.1, 0.15) is 15.9 Å². The van der Waals surface area contributed by atoms with Gasteiger partial charge >= 0.3 is 0 Å². The number of H-pyrrole nitrogens is 2. The van der Waals surface area contributed by atoms with E-state index < -0.39 is 0 Å². The molecular formula is C26H18N8OS. The lowest BCUT2D eigenvalue weighted by molar-refractivity contribution is 0.0776. The molecule has 0 aromatic carbocycles. The Hall–Kier alpha value is -4.44. The van der Waals surface area contributed by atoms with Crippen LogP contribution in [0.15, 0.2) is 55.2 Å². The molecule has 174 valence electrons. The van der Waals surface area contributed by atoms with Crippen molar-refractivity contribution in [3.8, 4) is 0 Å². The van der Waals surface area contributed by atoms with Gasteiger partial charge in [0, 0.05) is 39.2 Å². The molecule has 10 heteroatoms. The molecule has 0 spiro atoms. The van der Waals surface area contributed by atoms with Crippen molar-refractivity contribution >= 4 is 81.7 Å². The number of imidazole rings is 1. The number of hydrogen-bond donors (Lipinski definition) is 2. The average molecular weight is 491 g/mol. The molecule has 8 bridgehead atoms. The topological polar surface area (TPSA) is 118 Å². The number of carbonyl (C=O) groups is 1. The summed E-state index contributed by atoms with van der Waals surface area (Å²) in [5.41, 5.74) is 5.30. The SMILES string of the molecule is O=C(C1CCC1)n1c2cncc(c2)c2cc3c(cn2)[nH]nc3c2nc3c(cncc3c3ccc1s3)[nH]2. The predicted octanol–water partition coefficient (Wildman–Crippen LogP) is 5.66. The van der Waals surface area contributed by atoms with E-state index in [1.165, 1.54) is 0 Å². The maximum Gasteiger partial charge on any atom is 0.235 e. The molecule has 2 N–H and O–H groups in total. The first-order valence-electron chi connectivity index (χ1n) is 11.8. The molecule has 36 heavy (non-hydrogen) atoms. The van der Waals surface area contributed by atoms with Gasteiger partial charge in [-0.15, -0.1) is 11.3 Å². The minimum atomic E-state index is 0.0308. The number of rotatable bonds is 1. The molecular weight excluding hydrogens is 472 g/mol. The Morgan fingerprint density at radius 2 is 1.89 bits per heavy atom. The van der Waals surface area contributed by atoms with Crippen molar-refractivity contribution in [2.45, 2.75) is 19.3 Å². The summed E-state index contributed by atoms with van der Waals surface area (Å²) in [5.74, 6) is 0.139. The van der Waals surface area contributed by atoms with E-state index in [1.54, 1.807) is 36.1 Å². The molecule has 9 nitrogen and oxygen atoms in total. The third kappa shape index (κ3) is 2.81. The summed E-state index contributed by atoms with van der Waals surface area (Å²) >= 11 is 1.55. The molecule has 7 heterocycles. The number of fused-ring (bicyclic) bond motifs is 9. The number of aromatic amines is 2. The molecule has 7 aromatic rings. The maximum atomic E-state index is 13.7. The minimum Gasteiger partial charge on any atom is -0.335 e. The van der Waals surface area contributed by atoms with Gasteiger partial charge in [-0.2, -0.15) is 5.10 Å². The molecule has 0 saturated heterocycles. The van der Waals surface area contributed by atoms with Crippen molar-refractivity contribution in [1.29, 1.82) is 0 Å². The Bertz CT molecular complexity index is 2080. The minimum absolute atomic E-state index is 0.0308. The van der Waals surface area contributed by atoms with Crippen LogP contribution >= 0.6 is 11.3 Å². The van der Waals surface area contributed by atoms with Crippen LogP contribution in [-0.2, 0) is 0 Å². The smallest absolute Gasteiger partial charge is 0.235 e. The van der Waals surface area contributed by atoms with Gasteiger partial charge in [-0.25, -0.2) is 4.98 Å². The second kappa shape index (κ2) is 7.28. The Labute approximate surface area is 206 Å². The van der Waals surface area contributed by atoms with E-state index in [0.717, 1.165) is 72.5 Å². The molecule has 8 rings (SSSR count). The van der Waals surface area contributed by atoms with E-state index in [-0.39, 0.29) is 11.8 Å². The van der Waals surface area contributed by atoms with Crippen LogP contribution in [0.3, 0.4) is 0 Å². The van der Waals surface area contributed by atoms with E-state index >= 15 is 0 Å². The highest BCUT2D eigenvalue weighted by molar-refractivity contribution is 7.24. The summed E-state index contributed by atoms with van der Waals surface area (Å²) in [6.07, 6.45) is 11.8. The van der Waals surface area contributed by atoms with Crippen molar-refractivity contribution in [2.75, 3.05) is 0 Å². The van der Waals surface area contributed by atoms with Gasteiger partial charge < -0.3 is 4.98 Å². The number of nitrogens with one attached hydrogen (secondary N) is 2. The zero-order valence-electron chi connectivity index (χ0n) is 18.9. The van der Waals surface area contributed by atoms with Crippen molar-refractivity contribution < 1.29 is 4.79 Å². The average Bonchev–Trinajstić information content (AvgIpc) is 3.60. The summed E-state index contributed by atoms with van der Waals surface area (Å²) in [6, 6.07) is 8.01. The van der Waals surface area contributed by atoms with E-state index in [0.29, 0.717) is 11.2 Å². The first kappa shape index (κ1) is 19.8. The lowest BCUT2D eigenvalue weighted by atomic mass is 9.84. The summed E-state index contributed by atoms with van der Waals surface area (Å²) < 4.78 is 2.81. The number of aromatic nitrogens is 8. The standard InChI is InChI=1S/C26H18N8OS/c35-26(13-2-1-3-13)34-15-6-14(8-27-9-15)18-7-16-19(12-29-18)32-33-24(16)25-30-20-11-28-10-17(23(20)31-25)21-4-5-22(34)36-21/h4-13H,1-3H2,(H,30,31)(H,32,33). The molecule has 0 unspecified atom stereocenters. The second-order valence-electron chi connectivity index (χ2n) is 9.23. The fourth-order valence-corrected chi connectivity index (χ4v) is 6.01.